The van der Waals surface area contributed by atoms with E-state index in [0.717, 1.165) is 57.8 Å². The smallest absolute Gasteiger partial charge is 0.303 e. The molecule has 0 fully saturated rings. The second-order valence-corrected chi connectivity index (χ2v) is 6.46. The highest BCUT2D eigenvalue weighted by molar-refractivity contribution is 5.66. The van der Waals surface area contributed by atoms with Crippen LogP contribution in [0.3, 0.4) is 0 Å². The summed E-state index contributed by atoms with van der Waals surface area (Å²) >= 11 is 0. The lowest BCUT2D eigenvalue weighted by Crippen LogP contribution is -2.12. The van der Waals surface area contributed by atoms with Gasteiger partial charge in [0.2, 0.25) is 0 Å². The highest BCUT2D eigenvalue weighted by atomic mass is 16.5. The Kier molecular flexibility index (Phi) is 16.5. The minimum atomic E-state index is -0.700. The molecule has 4 nitrogen and oxygen atoms in total. The van der Waals surface area contributed by atoms with Gasteiger partial charge in [-0.3, -0.25) is 9.59 Å². The first-order valence-electron chi connectivity index (χ1n) is 9.51. The van der Waals surface area contributed by atoms with Gasteiger partial charge in [0.15, 0.2) is 0 Å². The zero-order valence-electron chi connectivity index (χ0n) is 14.9. The summed E-state index contributed by atoms with van der Waals surface area (Å²) < 4.78 is 5.20. The molecule has 1 unspecified atom stereocenters. The topological polar surface area (TPSA) is 63.6 Å². The van der Waals surface area contributed by atoms with E-state index in [1.807, 2.05) is 0 Å². The Labute approximate surface area is 142 Å². The van der Waals surface area contributed by atoms with Crippen molar-refractivity contribution in [1.82, 2.24) is 0 Å². The third-order valence-corrected chi connectivity index (χ3v) is 4.29. The highest BCUT2D eigenvalue weighted by Crippen LogP contribution is 2.16. The first-order valence-corrected chi connectivity index (χ1v) is 9.51. The van der Waals surface area contributed by atoms with E-state index in [0.29, 0.717) is 6.47 Å². The van der Waals surface area contributed by atoms with Crippen LogP contribution in [0.25, 0.3) is 0 Å². The number of ether oxygens (including phenoxy) is 1. The first-order chi connectivity index (χ1) is 11.2. The van der Waals surface area contributed by atoms with Crippen LogP contribution in [-0.4, -0.2) is 23.7 Å². The molecule has 0 amide bonds. The number of unbranched alkanes of at least 4 members (excludes halogenated alkanes) is 10. The normalized spacial score (nSPS) is 12.0. The summed E-state index contributed by atoms with van der Waals surface area (Å²) in [6.45, 7) is 2.81. The molecule has 0 aromatic heterocycles. The summed E-state index contributed by atoms with van der Waals surface area (Å²) in [6.07, 6.45) is 16.2. The van der Waals surface area contributed by atoms with Gasteiger partial charge < -0.3 is 9.84 Å². The van der Waals surface area contributed by atoms with Crippen molar-refractivity contribution in [1.29, 1.82) is 0 Å². The average Bonchev–Trinajstić information content (AvgIpc) is 2.52. The molecule has 1 atom stereocenters. The lowest BCUT2D eigenvalue weighted by Gasteiger charge is -2.15. The van der Waals surface area contributed by atoms with Crippen molar-refractivity contribution in [3.8, 4) is 0 Å². The van der Waals surface area contributed by atoms with Crippen LogP contribution in [0.1, 0.15) is 103 Å². The molecule has 0 aromatic rings. The molecule has 0 aliphatic rings. The van der Waals surface area contributed by atoms with Crippen molar-refractivity contribution in [3.63, 3.8) is 0 Å². The van der Waals surface area contributed by atoms with Crippen molar-refractivity contribution in [2.75, 3.05) is 0 Å². The SMILES string of the molecule is CCCCCCCCC(CCCCCCCCC(=O)O)OC=O. The number of carboxylic acid groups (broad SMARTS) is 1. The molecule has 0 saturated carbocycles. The minimum Gasteiger partial charge on any atom is -0.481 e. The molecule has 136 valence electrons. The average molecular weight is 328 g/mol. The van der Waals surface area contributed by atoms with Crippen LogP contribution in [-0.2, 0) is 14.3 Å². The predicted octanol–water partition coefficient (Wildman–Crippen LogP) is 5.48. The van der Waals surface area contributed by atoms with Gasteiger partial charge in [0.1, 0.15) is 6.10 Å². The van der Waals surface area contributed by atoms with Gasteiger partial charge in [0, 0.05) is 6.42 Å². The fourth-order valence-corrected chi connectivity index (χ4v) is 2.87. The number of rotatable bonds is 18. The van der Waals surface area contributed by atoms with E-state index < -0.39 is 5.97 Å². The monoisotopic (exact) mass is 328 g/mol. The van der Waals surface area contributed by atoms with Crippen molar-refractivity contribution < 1.29 is 19.4 Å². The third-order valence-electron chi connectivity index (χ3n) is 4.29. The Morgan fingerprint density at radius 3 is 1.83 bits per heavy atom. The van der Waals surface area contributed by atoms with Gasteiger partial charge in [-0.25, -0.2) is 0 Å². The van der Waals surface area contributed by atoms with Gasteiger partial charge in [-0.2, -0.15) is 0 Å². The standard InChI is InChI=1S/C19H36O4/c1-2-3-4-5-8-11-14-18(23-17-20)15-12-9-6-7-10-13-16-19(21)22/h17-18H,2-16H2,1H3,(H,21,22). The molecule has 4 heteroatoms. The van der Waals surface area contributed by atoms with Crippen LogP contribution in [0.2, 0.25) is 0 Å². The maximum absolute atomic E-state index is 10.6. The predicted molar refractivity (Wildman–Crippen MR) is 93.5 cm³/mol. The molecule has 0 aromatic carbocycles. The van der Waals surface area contributed by atoms with Crippen LogP contribution >= 0.6 is 0 Å². The minimum absolute atomic E-state index is 0.0886. The maximum atomic E-state index is 10.6. The van der Waals surface area contributed by atoms with Gasteiger partial charge >= 0.3 is 5.97 Å². The van der Waals surface area contributed by atoms with Crippen molar-refractivity contribution in [3.05, 3.63) is 0 Å². The molecule has 0 radical (unpaired) electrons. The second kappa shape index (κ2) is 17.3. The zero-order chi connectivity index (χ0) is 17.2. The third kappa shape index (κ3) is 17.1. The van der Waals surface area contributed by atoms with Gasteiger partial charge in [-0.1, -0.05) is 64.7 Å². The molecule has 0 spiro atoms. The van der Waals surface area contributed by atoms with Crippen LogP contribution in [0.4, 0.5) is 0 Å². The van der Waals surface area contributed by atoms with Crippen LogP contribution in [0, 0.1) is 0 Å². The highest BCUT2D eigenvalue weighted by Gasteiger charge is 2.08. The Morgan fingerprint density at radius 1 is 0.870 bits per heavy atom. The molecule has 0 saturated heterocycles. The summed E-state index contributed by atoms with van der Waals surface area (Å²) in [7, 11) is 0. The molecule has 23 heavy (non-hydrogen) atoms. The number of carbonyl (C=O) groups is 2. The zero-order valence-corrected chi connectivity index (χ0v) is 14.9. The second-order valence-electron chi connectivity index (χ2n) is 6.46. The Balaban J connectivity index is 3.48. The number of aliphatic carboxylic acids is 1. The molecule has 0 bridgehead atoms. The number of hydrogen-bond donors (Lipinski definition) is 1. The molecule has 0 aliphatic carbocycles. The van der Waals surface area contributed by atoms with E-state index >= 15 is 0 Å². The van der Waals surface area contributed by atoms with E-state index in [2.05, 4.69) is 6.92 Å². The Bertz CT molecular complexity index is 279. The lowest BCUT2D eigenvalue weighted by molar-refractivity contribution is -0.137. The summed E-state index contributed by atoms with van der Waals surface area (Å²) in [6, 6.07) is 0. The van der Waals surface area contributed by atoms with E-state index in [1.165, 1.54) is 32.1 Å². The lowest BCUT2D eigenvalue weighted by atomic mass is 10.0. The summed E-state index contributed by atoms with van der Waals surface area (Å²) in [5, 5.41) is 8.55. The van der Waals surface area contributed by atoms with E-state index in [1.54, 1.807) is 0 Å². The van der Waals surface area contributed by atoms with Gasteiger partial charge in [-0.05, 0) is 32.1 Å². The van der Waals surface area contributed by atoms with Crippen LogP contribution < -0.4 is 0 Å². The molecule has 0 aliphatic heterocycles. The summed E-state index contributed by atoms with van der Waals surface area (Å²) in [4.78, 5) is 21.0. The fourth-order valence-electron chi connectivity index (χ4n) is 2.87. The van der Waals surface area contributed by atoms with E-state index in [4.69, 9.17) is 9.84 Å². The largest absolute Gasteiger partial charge is 0.481 e. The molecule has 0 rings (SSSR count). The van der Waals surface area contributed by atoms with Gasteiger partial charge in [0.25, 0.3) is 6.47 Å². The molecule has 0 heterocycles. The summed E-state index contributed by atoms with van der Waals surface area (Å²) in [5.41, 5.74) is 0. The van der Waals surface area contributed by atoms with E-state index in [9.17, 15) is 9.59 Å². The number of carbonyl (C=O) groups excluding carboxylic acids is 1. The van der Waals surface area contributed by atoms with Crippen LogP contribution in [0.5, 0.6) is 0 Å². The molecular weight excluding hydrogens is 292 g/mol. The Morgan fingerprint density at radius 2 is 1.35 bits per heavy atom. The fraction of sp³-hybridized carbons (Fsp3) is 0.895. The Hall–Kier alpha value is -1.06. The van der Waals surface area contributed by atoms with Gasteiger partial charge in [-0.15, -0.1) is 0 Å². The van der Waals surface area contributed by atoms with Gasteiger partial charge in [0.05, 0.1) is 0 Å². The molecular formula is C19H36O4. The van der Waals surface area contributed by atoms with Crippen molar-refractivity contribution in [2.45, 2.75) is 109 Å². The van der Waals surface area contributed by atoms with Crippen LogP contribution in [0.15, 0.2) is 0 Å². The van der Waals surface area contributed by atoms with Crippen molar-refractivity contribution in [2.24, 2.45) is 0 Å². The first kappa shape index (κ1) is 21.9. The number of carboxylic acids is 1. The molecule has 1 N–H and O–H groups in total. The quantitative estimate of drug-likeness (QED) is 0.267. The van der Waals surface area contributed by atoms with Crippen molar-refractivity contribution >= 4 is 12.4 Å². The van der Waals surface area contributed by atoms with E-state index in [-0.39, 0.29) is 12.5 Å². The number of hydrogen-bond acceptors (Lipinski definition) is 3. The maximum Gasteiger partial charge on any atom is 0.303 e. The summed E-state index contributed by atoms with van der Waals surface area (Å²) in [5.74, 6) is -0.700.